The fourth-order valence-corrected chi connectivity index (χ4v) is 4.27. The first-order chi connectivity index (χ1) is 13.0. The van der Waals surface area contributed by atoms with Gasteiger partial charge < -0.3 is 10.1 Å². The number of hydrogen-bond donors (Lipinski definition) is 2. The van der Waals surface area contributed by atoms with Crippen molar-refractivity contribution >= 4 is 27.3 Å². The number of benzene rings is 1. The van der Waals surface area contributed by atoms with Crippen molar-refractivity contribution in [1.29, 1.82) is 0 Å². The first-order valence-corrected chi connectivity index (χ1v) is 11.4. The summed E-state index contributed by atoms with van der Waals surface area (Å²) in [6, 6.07) is 9.81. The summed E-state index contributed by atoms with van der Waals surface area (Å²) in [5, 5.41) is 4.70. The minimum atomic E-state index is -3.67. The van der Waals surface area contributed by atoms with Crippen LogP contribution in [-0.4, -0.2) is 34.1 Å². The van der Waals surface area contributed by atoms with Gasteiger partial charge in [0.05, 0.1) is 4.90 Å². The Bertz CT molecular complexity index is 846. The minimum Gasteiger partial charge on any atom is -0.381 e. The number of nitrogens with one attached hydrogen (secondary N) is 2. The van der Waals surface area contributed by atoms with E-state index in [1.807, 2.05) is 17.5 Å². The highest BCUT2D eigenvalue weighted by atomic mass is 32.2. The van der Waals surface area contributed by atoms with Crippen LogP contribution in [0.15, 0.2) is 46.7 Å². The van der Waals surface area contributed by atoms with Gasteiger partial charge in [-0.25, -0.2) is 13.1 Å². The summed E-state index contributed by atoms with van der Waals surface area (Å²) in [6.45, 7) is 2.17. The van der Waals surface area contributed by atoms with Crippen LogP contribution < -0.4 is 10.0 Å². The number of hydrogen-bond acceptors (Lipinski definition) is 5. The van der Waals surface area contributed by atoms with Gasteiger partial charge in [-0.15, -0.1) is 11.3 Å². The van der Waals surface area contributed by atoms with Crippen molar-refractivity contribution in [2.75, 3.05) is 19.8 Å². The summed E-state index contributed by atoms with van der Waals surface area (Å²) >= 11 is 1.49. The van der Waals surface area contributed by atoms with Gasteiger partial charge >= 0.3 is 0 Å². The van der Waals surface area contributed by atoms with E-state index in [-0.39, 0.29) is 17.3 Å². The molecule has 0 saturated heterocycles. The first-order valence-electron chi connectivity index (χ1n) is 9.02. The van der Waals surface area contributed by atoms with Crippen LogP contribution in [0.4, 0.5) is 0 Å². The molecule has 0 unspecified atom stereocenters. The molecule has 0 bridgehead atoms. The van der Waals surface area contributed by atoms with E-state index in [2.05, 4.69) is 10.0 Å². The van der Waals surface area contributed by atoms with Crippen LogP contribution in [-0.2, 0) is 21.3 Å². The van der Waals surface area contributed by atoms with E-state index in [0.29, 0.717) is 18.7 Å². The SMILES string of the molecule is O=C(NCCCOCC1CC1)c1cccc(S(=O)(=O)NCc2cccs2)c1. The number of thiophene rings is 1. The van der Waals surface area contributed by atoms with Crippen molar-refractivity contribution < 1.29 is 17.9 Å². The van der Waals surface area contributed by atoms with Crippen molar-refractivity contribution in [3.8, 4) is 0 Å². The average Bonchev–Trinajstić information content (AvgIpc) is 3.35. The lowest BCUT2D eigenvalue weighted by Crippen LogP contribution is -2.26. The van der Waals surface area contributed by atoms with E-state index in [9.17, 15) is 13.2 Å². The lowest BCUT2D eigenvalue weighted by atomic mass is 10.2. The van der Waals surface area contributed by atoms with E-state index in [1.54, 1.807) is 12.1 Å². The molecule has 1 fully saturated rings. The van der Waals surface area contributed by atoms with Crippen molar-refractivity contribution in [3.63, 3.8) is 0 Å². The Hall–Kier alpha value is -1.74. The molecule has 146 valence electrons. The lowest BCUT2D eigenvalue weighted by molar-refractivity contribution is 0.0937. The van der Waals surface area contributed by atoms with Gasteiger partial charge in [0, 0.05) is 36.7 Å². The first kappa shape index (κ1) is 20.0. The summed E-state index contributed by atoms with van der Waals surface area (Å²) in [7, 11) is -3.67. The fraction of sp³-hybridized carbons (Fsp3) is 0.421. The third-order valence-electron chi connectivity index (χ3n) is 4.22. The third-order valence-corrected chi connectivity index (χ3v) is 6.50. The van der Waals surface area contributed by atoms with E-state index in [0.717, 1.165) is 23.8 Å². The summed E-state index contributed by atoms with van der Waals surface area (Å²) in [6.07, 6.45) is 3.26. The van der Waals surface area contributed by atoms with Gasteiger partial charge in [0.2, 0.25) is 10.0 Å². The molecule has 2 N–H and O–H groups in total. The highest BCUT2D eigenvalue weighted by molar-refractivity contribution is 7.89. The number of sulfonamides is 1. The third kappa shape index (κ3) is 6.42. The molecular formula is C19H24N2O4S2. The van der Waals surface area contributed by atoms with Gasteiger partial charge in [-0.2, -0.15) is 0 Å². The molecule has 0 spiro atoms. The molecule has 1 saturated carbocycles. The molecule has 1 heterocycles. The van der Waals surface area contributed by atoms with Crippen LogP contribution in [0, 0.1) is 5.92 Å². The van der Waals surface area contributed by atoms with Gasteiger partial charge in [0.25, 0.3) is 5.91 Å². The summed E-state index contributed by atoms with van der Waals surface area (Å²) < 4.78 is 33.0. The monoisotopic (exact) mass is 408 g/mol. The Morgan fingerprint density at radius 1 is 1.22 bits per heavy atom. The molecule has 6 nitrogen and oxygen atoms in total. The normalized spacial score (nSPS) is 14.2. The number of amides is 1. The maximum absolute atomic E-state index is 12.4. The van der Waals surface area contributed by atoms with Crippen LogP contribution in [0.1, 0.15) is 34.5 Å². The van der Waals surface area contributed by atoms with Gasteiger partial charge in [0.1, 0.15) is 0 Å². The second-order valence-electron chi connectivity index (χ2n) is 6.56. The fourth-order valence-electron chi connectivity index (χ4n) is 2.48. The average molecular weight is 409 g/mol. The van der Waals surface area contributed by atoms with Gasteiger partial charge in [-0.1, -0.05) is 12.1 Å². The molecular weight excluding hydrogens is 384 g/mol. The van der Waals surface area contributed by atoms with Crippen molar-refractivity contribution in [2.45, 2.75) is 30.7 Å². The molecule has 0 radical (unpaired) electrons. The van der Waals surface area contributed by atoms with E-state index < -0.39 is 10.0 Å². The molecule has 1 aromatic heterocycles. The minimum absolute atomic E-state index is 0.0828. The van der Waals surface area contributed by atoms with E-state index >= 15 is 0 Å². The summed E-state index contributed by atoms with van der Waals surface area (Å²) in [5.74, 6) is 0.449. The summed E-state index contributed by atoms with van der Waals surface area (Å²) in [5.41, 5.74) is 0.327. The molecule has 1 amide bonds. The van der Waals surface area contributed by atoms with Crippen LogP contribution in [0.5, 0.6) is 0 Å². The molecule has 2 aromatic rings. The molecule has 3 rings (SSSR count). The number of rotatable bonds is 11. The second kappa shape index (κ2) is 9.45. The predicted molar refractivity (Wildman–Crippen MR) is 105 cm³/mol. The van der Waals surface area contributed by atoms with Crippen LogP contribution in [0.3, 0.4) is 0 Å². The van der Waals surface area contributed by atoms with Crippen molar-refractivity contribution in [3.05, 3.63) is 52.2 Å². The molecule has 1 aliphatic rings. The zero-order valence-corrected chi connectivity index (χ0v) is 16.7. The molecule has 0 atom stereocenters. The second-order valence-corrected chi connectivity index (χ2v) is 9.36. The topological polar surface area (TPSA) is 84.5 Å². The molecule has 27 heavy (non-hydrogen) atoms. The van der Waals surface area contributed by atoms with Crippen LogP contribution >= 0.6 is 11.3 Å². The Balaban J connectivity index is 1.48. The van der Waals surface area contributed by atoms with Crippen LogP contribution in [0.2, 0.25) is 0 Å². The maximum atomic E-state index is 12.4. The highest BCUT2D eigenvalue weighted by Gasteiger charge is 2.21. The Kier molecular flexibility index (Phi) is 7.01. The standard InChI is InChI=1S/C19H24N2O4S2/c22-19(20-9-3-10-25-14-15-7-8-15)16-4-1-6-18(12-16)27(23,24)21-13-17-5-2-11-26-17/h1-2,4-6,11-12,15,21H,3,7-10,13-14H2,(H,20,22). The van der Waals surface area contributed by atoms with Gasteiger partial charge in [-0.3, -0.25) is 4.79 Å². The number of carbonyl (C=O) groups is 1. The molecule has 1 aliphatic carbocycles. The smallest absolute Gasteiger partial charge is 0.251 e. The van der Waals surface area contributed by atoms with E-state index in [4.69, 9.17) is 4.74 Å². The zero-order chi connectivity index (χ0) is 19.1. The quantitative estimate of drug-likeness (QED) is 0.560. The predicted octanol–water partition coefficient (Wildman–Crippen LogP) is 2.77. The van der Waals surface area contributed by atoms with E-state index in [1.165, 1.54) is 36.3 Å². The Morgan fingerprint density at radius 2 is 2.07 bits per heavy atom. The molecule has 0 aliphatic heterocycles. The maximum Gasteiger partial charge on any atom is 0.251 e. The van der Waals surface area contributed by atoms with Crippen LogP contribution in [0.25, 0.3) is 0 Å². The zero-order valence-electron chi connectivity index (χ0n) is 15.0. The van der Waals surface area contributed by atoms with Gasteiger partial charge in [-0.05, 0) is 54.8 Å². The molecule has 1 aromatic carbocycles. The van der Waals surface area contributed by atoms with Crippen molar-refractivity contribution in [1.82, 2.24) is 10.0 Å². The lowest BCUT2D eigenvalue weighted by Gasteiger charge is -2.09. The Morgan fingerprint density at radius 3 is 2.81 bits per heavy atom. The molecule has 8 heteroatoms. The highest BCUT2D eigenvalue weighted by Crippen LogP contribution is 2.28. The van der Waals surface area contributed by atoms with Gasteiger partial charge in [0.15, 0.2) is 0 Å². The summed E-state index contributed by atoms with van der Waals surface area (Å²) in [4.78, 5) is 13.3. The van der Waals surface area contributed by atoms with Crippen molar-refractivity contribution in [2.24, 2.45) is 5.92 Å². The Labute approximate surface area is 164 Å². The number of carbonyl (C=O) groups excluding carboxylic acids is 1. The largest absolute Gasteiger partial charge is 0.381 e. The number of ether oxygens (including phenoxy) is 1.